The summed E-state index contributed by atoms with van der Waals surface area (Å²) in [7, 11) is 0. The van der Waals surface area contributed by atoms with E-state index >= 15 is 0 Å². The SMILES string of the molecule is CC(=O)C(C)CC[C@H]1CCC(C)C1(C)C. The predicted molar refractivity (Wildman–Crippen MR) is 64.7 cm³/mol. The minimum atomic E-state index is 0.261. The molecule has 0 aromatic carbocycles. The number of hydrogen-bond acceptors (Lipinski definition) is 1. The van der Waals surface area contributed by atoms with Crippen LogP contribution in [0.4, 0.5) is 0 Å². The summed E-state index contributed by atoms with van der Waals surface area (Å²) in [4.78, 5) is 11.2. The fraction of sp³-hybridized carbons (Fsp3) is 0.929. The standard InChI is InChI=1S/C14H26O/c1-10(12(3)15)6-8-13-9-7-11(2)14(13,4)5/h10-11,13H,6-9H2,1-5H3/t10?,11?,13-/m0/s1. The van der Waals surface area contributed by atoms with Gasteiger partial charge in [0.15, 0.2) is 0 Å². The first-order valence-corrected chi connectivity index (χ1v) is 6.36. The Morgan fingerprint density at radius 3 is 2.40 bits per heavy atom. The van der Waals surface area contributed by atoms with E-state index in [1.165, 1.54) is 19.3 Å². The van der Waals surface area contributed by atoms with Crippen LogP contribution in [0.3, 0.4) is 0 Å². The molecule has 0 radical (unpaired) electrons. The summed E-state index contributed by atoms with van der Waals surface area (Å²) in [5.41, 5.74) is 0.483. The molecule has 0 amide bonds. The lowest BCUT2D eigenvalue weighted by atomic mass is 9.74. The van der Waals surface area contributed by atoms with Crippen LogP contribution < -0.4 is 0 Å². The predicted octanol–water partition coefficient (Wildman–Crippen LogP) is 4.06. The number of Topliss-reactive ketones (excluding diaryl/α,β-unsaturated/α-hetero) is 1. The molecule has 88 valence electrons. The van der Waals surface area contributed by atoms with Gasteiger partial charge in [0, 0.05) is 5.92 Å². The molecule has 1 heteroatoms. The Kier molecular flexibility index (Phi) is 3.97. The molecule has 1 rings (SSSR count). The maximum absolute atomic E-state index is 11.2. The van der Waals surface area contributed by atoms with E-state index in [-0.39, 0.29) is 5.92 Å². The van der Waals surface area contributed by atoms with Crippen molar-refractivity contribution in [1.82, 2.24) is 0 Å². The lowest BCUT2D eigenvalue weighted by molar-refractivity contribution is -0.120. The van der Waals surface area contributed by atoms with E-state index in [2.05, 4.69) is 27.7 Å². The van der Waals surface area contributed by atoms with Crippen molar-refractivity contribution in [3.8, 4) is 0 Å². The molecule has 1 nitrogen and oxygen atoms in total. The van der Waals surface area contributed by atoms with Gasteiger partial charge in [-0.25, -0.2) is 0 Å². The minimum Gasteiger partial charge on any atom is -0.300 e. The van der Waals surface area contributed by atoms with E-state index in [9.17, 15) is 4.79 Å². The van der Waals surface area contributed by atoms with Crippen molar-refractivity contribution in [2.75, 3.05) is 0 Å². The zero-order valence-corrected chi connectivity index (χ0v) is 11.0. The van der Waals surface area contributed by atoms with Crippen molar-refractivity contribution in [3.63, 3.8) is 0 Å². The minimum absolute atomic E-state index is 0.261. The number of rotatable bonds is 4. The molecule has 0 aliphatic heterocycles. The monoisotopic (exact) mass is 210 g/mol. The molecule has 15 heavy (non-hydrogen) atoms. The van der Waals surface area contributed by atoms with Crippen LogP contribution in [0, 0.1) is 23.2 Å². The molecule has 0 aromatic rings. The fourth-order valence-corrected chi connectivity index (χ4v) is 2.77. The molecule has 0 bridgehead atoms. The van der Waals surface area contributed by atoms with Gasteiger partial charge >= 0.3 is 0 Å². The van der Waals surface area contributed by atoms with E-state index in [0.717, 1.165) is 18.3 Å². The Morgan fingerprint density at radius 2 is 2.00 bits per heavy atom. The fourth-order valence-electron chi connectivity index (χ4n) is 2.77. The number of hydrogen-bond donors (Lipinski definition) is 0. The van der Waals surface area contributed by atoms with Crippen LogP contribution >= 0.6 is 0 Å². The highest BCUT2D eigenvalue weighted by Crippen LogP contribution is 2.49. The molecule has 0 N–H and O–H groups in total. The molecule has 0 saturated heterocycles. The van der Waals surface area contributed by atoms with E-state index in [1.807, 2.05) is 0 Å². The van der Waals surface area contributed by atoms with Crippen LogP contribution in [-0.4, -0.2) is 5.78 Å². The molecular formula is C14H26O. The summed E-state index contributed by atoms with van der Waals surface area (Å²) in [5, 5.41) is 0. The van der Waals surface area contributed by atoms with Crippen molar-refractivity contribution in [2.45, 2.75) is 60.3 Å². The molecule has 0 heterocycles. The summed E-state index contributed by atoms with van der Waals surface area (Å²) in [6.45, 7) is 10.9. The molecule has 2 unspecified atom stereocenters. The summed E-state index contributed by atoms with van der Waals surface area (Å²) >= 11 is 0. The Bertz CT molecular complexity index is 229. The highest BCUT2D eigenvalue weighted by molar-refractivity contribution is 5.77. The summed E-state index contributed by atoms with van der Waals surface area (Å²) in [6, 6.07) is 0. The Morgan fingerprint density at radius 1 is 1.40 bits per heavy atom. The number of carbonyl (C=O) groups excluding carboxylic acids is 1. The second-order valence-electron chi connectivity index (χ2n) is 6.09. The van der Waals surface area contributed by atoms with Crippen LogP contribution in [0.25, 0.3) is 0 Å². The molecule has 1 saturated carbocycles. The Hall–Kier alpha value is -0.330. The molecule has 0 spiro atoms. The van der Waals surface area contributed by atoms with Gasteiger partial charge in [-0.1, -0.05) is 27.7 Å². The topological polar surface area (TPSA) is 17.1 Å². The van der Waals surface area contributed by atoms with Gasteiger partial charge in [-0.05, 0) is 49.9 Å². The van der Waals surface area contributed by atoms with E-state index < -0.39 is 0 Å². The van der Waals surface area contributed by atoms with E-state index in [0.29, 0.717) is 11.2 Å². The van der Waals surface area contributed by atoms with Crippen LogP contribution in [0.5, 0.6) is 0 Å². The van der Waals surface area contributed by atoms with E-state index in [4.69, 9.17) is 0 Å². The lowest BCUT2D eigenvalue weighted by Gasteiger charge is -2.31. The van der Waals surface area contributed by atoms with Crippen molar-refractivity contribution in [1.29, 1.82) is 0 Å². The lowest BCUT2D eigenvalue weighted by Crippen LogP contribution is -2.24. The van der Waals surface area contributed by atoms with Gasteiger partial charge in [0.25, 0.3) is 0 Å². The zero-order valence-electron chi connectivity index (χ0n) is 11.0. The summed E-state index contributed by atoms with van der Waals surface area (Å²) in [5.74, 6) is 2.28. The molecule has 0 aromatic heterocycles. The summed E-state index contributed by atoms with van der Waals surface area (Å²) < 4.78 is 0. The summed E-state index contributed by atoms with van der Waals surface area (Å²) in [6.07, 6.45) is 5.04. The Balaban J connectivity index is 2.43. The number of ketones is 1. The van der Waals surface area contributed by atoms with Crippen LogP contribution in [0.15, 0.2) is 0 Å². The zero-order chi connectivity index (χ0) is 11.6. The second-order valence-corrected chi connectivity index (χ2v) is 6.09. The van der Waals surface area contributed by atoms with Crippen LogP contribution in [-0.2, 0) is 4.79 Å². The maximum Gasteiger partial charge on any atom is 0.132 e. The average molecular weight is 210 g/mol. The van der Waals surface area contributed by atoms with Crippen molar-refractivity contribution < 1.29 is 4.79 Å². The van der Waals surface area contributed by atoms with Crippen molar-refractivity contribution in [3.05, 3.63) is 0 Å². The highest BCUT2D eigenvalue weighted by atomic mass is 16.1. The van der Waals surface area contributed by atoms with Gasteiger partial charge in [-0.15, -0.1) is 0 Å². The van der Waals surface area contributed by atoms with Gasteiger partial charge in [-0.2, -0.15) is 0 Å². The third kappa shape index (κ3) is 2.83. The largest absolute Gasteiger partial charge is 0.300 e. The molecule has 1 aliphatic rings. The first-order valence-electron chi connectivity index (χ1n) is 6.36. The van der Waals surface area contributed by atoms with Crippen LogP contribution in [0.2, 0.25) is 0 Å². The molecule has 1 fully saturated rings. The Labute approximate surface area is 94.6 Å². The second kappa shape index (κ2) is 4.67. The van der Waals surface area contributed by atoms with Crippen molar-refractivity contribution in [2.24, 2.45) is 23.2 Å². The van der Waals surface area contributed by atoms with Gasteiger partial charge in [0.05, 0.1) is 0 Å². The maximum atomic E-state index is 11.2. The quantitative estimate of drug-likeness (QED) is 0.683. The average Bonchev–Trinajstić information content (AvgIpc) is 2.39. The van der Waals surface area contributed by atoms with E-state index in [1.54, 1.807) is 6.92 Å². The van der Waals surface area contributed by atoms with Gasteiger partial charge in [-0.3, -0.25) is 4.79 Å². The molecular weight excluding hydrogens is 184 g/mol. The normalized spacial score (nSPS) is 31.5. The third-order valence-corrected chi connectivity index (χ3v) is 4.91. The molecule has 1 aliphatic carbocycles. The van der Waals surface area contributed by atoms with Crippen LogP contribution in [0.1, 0.15) is 60.3 Å². The third-order valence-electron chi connectivity index (χ3n) is 4.91. The van der Waals surface area contributed by atoms with Crippen molar-refractivity contribution >= 4 is 5.78 Å². The number of carbonyl (C=O) groups is 1. The smallest absolute Gasteiger partial charge is 0.132 e. The first kappa shape index (κ1) is 12.7. The van der Waals surface area contributed by atoms with Gasteiger partial charge in [0.1, 0.15) is 5.78 Å². The molecule has 3 atom stereocenters. The highest BCUT2D eigenvalue weighted by Gasteiger charge is 2.39. The van der Waals surface area contributed by atoms with Gasteiger partial charge < -0.3 is 0 Å². The van der Waals surface area contributed by atoms with Gasteiger partial charge in [0.2, 0.25) is 0 Å². The first-order chi connectivity index (χ1) is 6.85.